The van der Waals surface area contributed by atoms with E-state index >= 15 is 0 Å². The lowest BCUT2D eigenvalue weighted by Gasteiger charge is -2.41. The molecule has 5 nitrogen and oxygen atoms in total. The van der Waals surface area contributed by atoms with Crippen molar-refractivity contribution >= 4 is 5.91 Å². The molecule has 2 aliphatic rings. The number of rotatable bonds is 4. The van der Waals surface area contributed by atoms with Gasteiger partial charge in [-0.2, -0.15) is 0 Å². The molecular formula is C15H29N3O2. The Bertz CT molecular complexity index is 319. The predicted octanol–water partition coefficient (Wildman–Crippen LogP) is 0.744. The Balaban J connectivity index is 1.75. The van der Waals surface area contributed by atoms with E-state index in [9.17, 15) is 4.79 Å². The summed E-state index contributed by atoms with van der Waals surface area (Å²) in [7, 11) is 0. The van der Waals surface area contributed by atoms with Crippen LogP contribution in [0.15, 0.2) is 0 Å². The molecule has 0 saturated carbocycles. The van der Waals surface area contributed by atoms with Crippen LogP contribution in [-0.4, -0.2) is 61.3 Å². The third-order valence-corrected chi connectivity index (χ3v) is 4.49. The van der Waals surface area contributed by atoms with Crippen molar-refractivity contribution in [1.82, 2.24) is 15.5 Å². The Hall–Kier alpha value is -0.650. The van der Waals surface area contributed by atoms with Crippen LogP contribution < -0.4 is 10.6 Å². The molecule has 2 rings (SSSR count). The van der Waals surface area contributed by atoms with Crippen LogP contribution in [0.1, 0.15) is 40.0 Å². The Morgan fingerprint density at radius 2 is 2.15 bits per heavy atom. The zero-order valence-corrected chi connectivity index (χ0v) is 13.1. The molecule has 0 aromatic carbocycles. The number of ether oxygens (including phenoxy) is 1. The molecule has 2 aliphatic heterocycles. The number of morpholine rings is 1. The van der Waals surface area contributed by atoms with Gasteiger partial charge in [-0.15, -0.1) is 0 Å². The minimum atomic E-state index is -0.0510. The van der Waals surface area contributed by atoms with Crippen LogP contribution in [0.2, 0.25) is 0 Å². The summed E-state index contributed by atoms with van der Waals surface area (Å²) in [5, 5.41) is 6.49. The van der Waals surface area contributed by atoms with Gasteiger partial charge in [0.2, 0.25) is 5.91 Å². The normalized spacial score (nSPS) is 27.5. The average Bonchev–Trinajstić information content (AvgIpc) is 2.39. The van der Waals surface area contributed by atoms with Crippen molar-refractivity contribution in [3.63, 3.8) is 0 Å². The number of amides is 1. The average molecular weight is 283 g/mol. The first-order valence-electron chi connectivity index (χ1n) is 7.86. The van der Waals surface area contributed by atoms with Crippen LogP contribution >= 0.6 is 0 Å². The van der Waals surface area contributed by atoms with Crippen LogP contribution in [0.5, 0.6) is 0 Å². The monoisotopic (exact) mass is 283 g/mol. The lowest BCUT2D eigenvalue weighted by Crippen LogP contribution is -2.55. The van der Waals surface area contributed by atoms with Crippen LogP contribution in [-0.2, 0) is 9.53 Å². The summed E-state index contributed by atoms with van der Waals surface area (Å²) >= 11 is 0. The maximum absolute atomic E-state index is 12.2. The molecule has 0 aromatic heterocycles. The highest BCUT2D eigenvalue weighted by Crippen LogP contribution is 2.23. The van der Waals surface area contributed by atoms with E-state index in [4.69, 9.17) is 4.74 Å². The van der Waals surface area contributed by atoms with Crippen LogP contribution in [0, 0.1) is 0 Å². The van der Waals surface area contributed by atoms with Gasteiger partial charge in [-0.1, -0.05) is 0 Å². The second-order valence-corrected chi connectivity index (χ2v) is 6.64. The van der Waals surface area contributed by atoms with E-state index in [1.807, 2.05) is 0 Å². The number of hydrogen-bond donors (Lipinski definition) is 2. The molecule has 0 radical (unpaired) electrons. The van der Waals surface area contributed by atoms with E-state index in [0.29, 0.717) is 19.1 Å². The van der Waals surface area contributed by atoms with Crippen molar-refractivity contribution in [2.24, 2.45) is 0 Å². The van der Waals surface area contributed by atoms with Crippen LogP contribution in [0.4, 0.5) is 0 Å². The smallest absolute Gasteiger partial charge is 0.223 e. The zero-order valence-electron chi connectivity index (χ0n) is 13.1. The molecule has 2 fully saturated rings. The minimum Gasteiger partial charge on any atom is -0.375 e. The second kappa shape index (κ2) is 6.87. The standard InChI is InChI=1S/C15H29N3O2/c1-12(2)18-7-4-15(3,5-8-18)17-14(19)10-13-11-16-6-9-20-13/h12-13,16H,4-11H2,1-3H3,(H,17,19). The van der Waals surface area contributed by atoms with Gasteiger partial charge in [0.05, 0.1) is 19.1 Å². The number of carbonyl (C=O) groups is 1. The maximum Gasteiger partial charge on any atom is 0.223 e. The number of nitrogens with one attached hydrogen (secondary N) is 2. The fraction of sp³-hybridized carbons (Fsp3) is 0.933. The minimum absolute atomic E-state index is 0.0307. The molecule has 0 aromatic rings. The molecule has 1 atom stereocenters. The van der Waals surface area contributed by atoms with Crippen molar-refractivity contribution in [2.75, 3.05) is 32.8 Å². The number of nitrogens with zero attached hydrogens (tertiary/aromatic N) is 1. The summed E-state index contributed by atoms with van der Waals surface area (Å²) in [6, 6.07) is 0.594. The number of piperidine rings is 1. The molecule has 2 N–H and O–H groups in total. The Kier molecular flexibility index (Phi) is 5.41. The first kappa shape index (κ1) is 15.7. The highest BCUT2D eigenvalue weighted by atomic mass is 16.5. The van der Waals surface area contributed by atoms with Gasteiger partial charge < -0.3 is 20.3 Å². The Labute approximate surface area is 122 Å². The lowest BCUT2D eigenvalue weighted by atomic mass is 9.88. The third-order valence-electron chi connectivity index (χ3n) is 4.49. The van der Waals surface area contributed by atoms with E-state index in [1.54, 1.807) is 0 Å². The zero-order chi connectivity index (χ0) is 14.6. The highest BCUT2D eigenvalue weighted by Gasteiger charge is 2.32. The van der Waals surface area contributed by atoms with Crippen LogP contribution in [0.3, 0.4) is 0 Å². The fourth-order valence-electron chi connectivity index (χ4n) is 3.00. The molecule has 116 valence electrons. The van der Waals surface area contributed by atoms with Crippen molar-refractivity contribution in [3.8, 4) is 0 Å². The molecule has 2 saturated heterocycles. The molecule has 5 heteroatoms. The van der Waals surface area contributed by atoms with Gasteiger partial charge in [0, 0.05) is 37.8 Å². The van der Waals surface area contributed by atoms with Gasteiger partial charge in [-0.05, 0) is 33.6 Å². The van der Waals surface area contributed by atoms with Gasteiger partial charge in [-0.3, -0.25) is 4.79 Å². The molecule has 1 amide bonds. The van der Waals surface area contributed by atoms with E-state index in [1.165, 1.54) is 0 Å². The van der Waals surface area contributed by atoms with Gasteiger partial charge in [-0.25, -0.2) is 0 Å². The van der Waals surface area contributed by atoms with E-state index in [-0.39, 0.29) is 17.6 Å². The summed E-state index contributed by atoms with van der Waals surface area (Å²) in [4.78, 5) is 14.6. The van der Waals surface area contributed by atoms with Gasteiger partial charge >= 0.3 is 0 Å². The molecule has 20 heavy (non-hydrogen) atoms. The number of likely N-dealkylation sites (tertiary alicyclic amines) is 1. The topological polar surface area (TPSA) is 53.6 Å². The van der Waals surface area contributed by atoms with Gasteiger partial charge in [0.15, 0.2) is 0 Å². The van der Waals surface area contributed by atoms with Crippen molar-refractivity contribution in [2.45, 2.75) is 57.7 Å². The summed E-state index contributed by atoms with van der Waals surface area (Å²) in [5.41, 5.74) is -0.0510. The number of carbonyl (C=O) groups excluding carboxylic acids is 1. The first-order valence-corrected chi connectivity index (χ1v) is 7.86. The third kappa shape index (κ3) is 4.43. The second-order valence-electron chi connectivity index (χ2n) is 6.64. The molecule has 1 unspecified atom stereocenters. The quantitative estimate of drug-likeness (QED) is 0.799. The van der Waals surface area contributed by atoms with E-state index < -0.39 is 0 Å². The summed E-state index contributed by atoms with van der Waals surface area (Å²) < 4.78 is 5.59. The summed E-state index contributed by atoms with van der Waals surface area (Å²) in [6.07, 6.45) is 2.56. The molecule has 0 spiro atoms. The first-order chi connectivity index (χ1) is 9.48. The predicted molar refractivity (Wildman–Crippen MR) is 79.7 cm³/mol. The Morgan fingerprint density at radius 1 is 1.45 bits per heavy atom. The SMILES string of the molecule is CC(C)N1CCC(C)(NC(=O)CC2CNCCO2)CC1. The Morgan fingerprint density at radius 3 is 2.70 bits per heavy atom. The maximum atomic E-state index is 12.2. The molecule has 0 aliphatic carbocycles. The highest BCUT2D eigenvalue weighted by molar-refractivity contribution is 5.77. The fourth-order valence-corrected chi connectivity index (χ4v) is 3.00. The molecular weight excluding hydrogens is 254 g/mol. The van der Waals surface area contributed by atoms with Gasteiger partial charge in [0.1, 0.15) is 0 Å². The largest absolute Gasteiger partial charge is 0.375 e. The van der Waals surface area contributed by atoms with Crippen molar-refractivity contribution < 1.29 is 9.53 Å². The van der Waals surface area contributed by atoms with E-state index in [2.05, 4.69) is 36.3 Å². The van der Waals surface area contributed by atoms with Gasteiger partial charge in [0.25, 0.3) is 0 Å². The molecule has 2 heterocycles. The van der Waals surface area contributed by atoms with E-state index in [0.717, 1.165) is 39.0 Å². The van der Waals surface area contributed by atoms with Crippen molar-refractivity contribution in [3.05, 3.63) is 0 Å². The molecule has 0 bridgehead atoms. The lowest BCUT2D eigenvalue weighted by molar-refractivity contribution is -0.126. The number of hydrogen-bond acceptors (Lipinski definition) is 4. The summed E-state index contributed by atoms with van der Waals surface area (Å²) in [5.74, 6) is 0.124. The summed E-state index contributed by atoms with van der Waals surface area (Å²) in [6.45, 7) is 11.1. The van der Waals surface area contributed by atoms with Crippen molar-refractivity contribution in [1.29, 1.82) is 0 Å². The van der Waals surface area contributed by atoms with Crippen LogP contribution in [0.25, 0.3) is 0 Å².